The van der Waals surface area contributed by atoms with Crippen LogP contribution >= 0.6 is 46.4 Å². The van der Waals surface area contributed by atoms with Crippen LogP contribution in [0, 0.1) is 11.3 Å². The Morgan fingerprint density at radius 1 is 1.05 bits per heavy atom. The summed E-state index contributed by atoms with van der Waals surface area (Å²) in [5.74, 6) is 0. The predicted molar refractivity (Wildman–Crippen MR) is 79.0 cm³/mol. The molecule has 0 radical (unpaired) electrons. The monoisotopic (exact) mass is 330 g/mol. The van der Waals surface area contributed by atoms with Crippen LogP contribution < -0.4 is 0 Å². The van der Waals surface area contributed by atoms with Crippen LogP contribution in [-0.4, -0.2) is 4.98 Å². The van der Waals surface area contributed by atoms with Gasteiger partial charge in [-0.1, -0.05) is 46.4 Å². The number of hydrogen-bond donors (Lipinski definition) is 0. The summed E-state index contributed by atoms with van der Waals surface area (Å²) in [7, 11) is 0. The molecule has 0 saturated heterocycles. The van der Waals surface area contributed by atoms with Gasteiger partial charge in [-0.15, -0.1) is 0 Å². The lowest BCUT2D eigenvalue weighted by Gasteiger charge is -2.08. The highest BCUT2D eigenvalue weighted by molar-refractivity contribution is 6.49. The molecule has 19 heavy (non-hydrogen) atoms. The van der Waals surface area contributed by atoms with Gasteiger partial charge >= 0.3 is 0 Å². The van der Waals surface area contributed by atoms with Gasteiger partial charge in [-0.3, -0.25) is 4.98 Å². The molecule has 0 aliphatic rings. The summed E-state index contributed by atoms with van der Waals surface area (Å²) in [5.41, 5.74) is 1.93. The maximum atomic E-state index is 8.75. The molecule has 2 aromatic rings. The van der Waals surface area contributed by atoms with E-state index < -0.39 is 0 Å². The number of halogens is 4. The highest BCUT2D eigenvalue weighted by Crippen LogP contribution is 2.37. The second kappa shape index (κ2) is 5.98. The maximum absolute atomic E-state index is 8.75. The largest absolute Gasteiger partial charge is 0.255 e. The molecule has 0 amide bonds. The quantitative estimate of drug-likeness (QED) is 0.688. The van der Waals surface area contributed by atoms with Crippen LogP contribution in [0.1, 0.15) is 5.56 Å². The number of pyridine rings is 1. The Morgan fingerprint density at radius 3 is 2.47 bits per heavy atom. The van der Waals surface area contributed by atoms with E-state index in [1.807, 2.05) is 6.07 Å². The zero-order valence-corrected chi connectivity index (χ0v) is 12.4. The van der Waals surface area contributed by atoms with Crippen molar-refractivity contribution in [1.82, 2.24) is 4.98 Å². The highest BCUT2D eigenvalue weighted by atomic mass is 35.5. The van der Waals surface area contributed by atoms with E-state index in [9.17, 15) is 0 Å². The molecule has 0 aliphatic heterocycles. The molecule has 1 aromatic carbocycles. The third-order valence-corrected chi connectivity index (χ3v) is 4.15. The minimum absolute atomic E-state index is 0.202. The Labute approximate surface area is 130 Å². The SMILES string of the molecule is N#CCc1cc(-c2ccc(Cl)c(Cl)c2Cl)ncc1Cl. The van der Waals surface area contributed by atoms with E-state index in [0.717, 1.165) is 0 Å². The van der Waals surface area contributed by atoms with E-state index in [4.69, 9.17) is 51.7 Å². The van der Waals surface area contributed by atoms with Crippen molar-refractivity contribution in [2.24, 2.45) is 0 Å². The van der Waals surface area contributed by atoms with E-state index in [1.165, 1.54) is 6.20 Å². The predicted octanol–water partition coefficient (Wildman–Crippen LogP) is 5.43. The zero-order valence-electron chi connectivity index (χ0n) is 9.42. The Bertz CT molecular complexity index is 677. The summed E-state index contributed by atoms with van der Waals surface area (Å²) in [6.07, 6.45) is 1.69. The van der Waals surface area contributed by atoms with Crippen LogP contribution in [0.2, 0.25) is 20.1 Å². The first-order valence-electron chi connectivity index (χ1n) is 5.20. The average Bonchev–Trinajstić information content (AvgIpc) is 2.39. The lowest BCUT2D eigenvalue weighted by Crippen LogP contribution is -1.91. The van der Waals surface area contributed by atoms with Crippen LogP contribution in [0.4, 0.5) is 0 Å². The normalized spacial score (nSPS) is 10.3. The summed E-state index contributed by atoms with van der Waals surface area (Å²) in [4.78, 5) is 4.20. The molecule has 0 fully saturated rings. The van der Waals surface area contributed by atoms with E-state index in [2.05, 4.69) is 4.98 Å². The van der Waals surface area contributed by atoms with Crippen molar-refractivity contribution < 1.29 is 0 Å². The van der Waals surface area contributed by atoms with Gasteiger partial charge in [0.15, 0.2) is 0 Å². The van der Waals surface area contributed by atoms with Crippen molar-refractivity contribution in [3.05, 3.63) is 50.0 Å². The van der Waals surface area contributed by atoms with Crippen molar-refractivity contribution in [1.29, 1.82) is 5.26 Å². The Balaban J connectivity index is 2.57. The molecule has 1 heterocycles. The number of benzene rings is 1. The van der Waals surface area contributed by atoms with Crippen LogP contribution in [0.25, 0.3) is 11.3 Å². The maximum Gasteiger partial charge on any atom is 0.0785 e. The van der Waals surface area contributed by atoms with Gasteiger partial charge in [-0.05, 0) is 23.8 Å². The molecule has 2 rings (SSSR count). The molecule has 1 aromatic heterocycles. The van der Waals surface area contributed by atoms with Gasteiger partial charge in [-0.25, -0.2) is 0 Å². The van der Waals surface area contributed by atoms with E-state index in [0.29, 0.717) is 31.9 Å². The van der Waals surface area contributed by atoms with Crippen molar-refractivity contribution >= 4 is 46.4 Å². The number of rotatable bonds is 2. The fraction of sp³-hybridized carbons (Fsp3) is 0.0769. The Hall–Kier alpha value is -0.980. The smallest absolute Gasteiger partial charge is 0.0785 e. The molecule has 0 atom stereocenters. The van der Waals surface area contributed by atoms with Gasteiger partial charge in [0.1, 0.15) is 0 Å². The van der Waals surface area contributed by atoms with Gasteiger partial charge in [0.2, 0.25) is 0 Å². The topological polar surface area (TPSA) is 36.7 Å². The zero-order chi connectivity index (χ0) is 14.0. The molecule has 0 N–H and O–H groups in total. The molecule has 0 bridgehead atoms. The van der Waals surface area contributed by atoms with Crippen molar-refractivity contribution in [3.63, 3.8) is 0 Å². The molecule has 2 nitrogen and oxygen atoms in total. The Morgan fingerprint density at radius 2 is 1.79 bits per heavy atom. The lowest BCUT2D eigenvalue weighted by atomic mass is 10.1. The third-order valence-electron chi connectivity index (χ3n) is 2.52. The number of nitrogens with zero attached hydrogens (tertiary/aromatic N) is 2. The Kier molecular flexibility index (Phi) is 4.54. The summed E-state index contributed by atoms with van der Waals surface area (Å²) in [5, 5.41) is 10.2. The highest BCUT2D eigenvalue weighted by Gasteiger charge is 2.13. The van der Waals surface area contributed by atoms with E-state index in [1.54, 1.807) is 18.2 Å². The molecule has 0 saturated carbocycles. The van der Waals surface area contributed by atoms with Gasteiger partial charge in [0.05, 0.1) is 38.3 Å². The summed E-state index contributed by atoms with van der Waals surface area (Å²) in [6, 6.07) is 7.13. The molecule has 0 spiro atoms. The van der Waals surface area contributed by atoms with Crippen LogP contribution in [0.5, 0.6) is 0 Å². The van der Waals surface area contributed by atoms with E-state index in [-0.39, 0.29) is 11.4 Å². The second-order valence-electron chi connectivity index (χ2n) is 3.72. The van der Waals surface area contributed by atoms with Crippen LogP contribution in [-0.2, 0) is 6.42 Å². The minimum atomic E-state index is 0.202. The third kappa shape index (κ3) is 2.96. The lowest BCUT2D eigenvalue weighted by molar-refractivity contribution is 1.21. The van der Waals surface area contributed by atoms with Crippen LogP contribution in [0.3, 0.4) is 0 Å². The van der Waals surface area contributed by atoms with Crippen LogP contribution in [0.15, 0.2) is 24.4 Å². The second-order valence-corrected chi connectivity index (χ2v) is 5.29. The fourth-order valence-electron chi connectivity index (χ4n) is 1.57. The average molecular weight is 332 g/mol. The first kappa shape index (κ1) is 14.4. The first-order chi connectivity index (χ1) is 9.04. The van der Waals surface area contributed by atoms with Gasteiger partial charge in [0.25, 0.3) is 0 Å². The van der Waals surface area contributed by atoms with Crippen molar-refractivity contribution in [2.45, 2.75) is 6.42 Å². The molecule has 6 heteroatoms. The summed E-state index contributed by atoms with van der Waals surface area (Å²) >= 11 is 24.0. The summed E-state index contributed by atoms with van der Waals surface area (Å²) < 4.78 is 0. The number of nitriles is 1. The molecular weight excluding hydrogens is 326 g/mol. The van der Waals surface area contributed by atoms with E-state index >= 15 is 0 Å². The molecule has 0 unspecified atom stereocenters. The number of aromatic nitrogens is 1. The molecule has 0 aliphatic carbocycles. The summed E-state index contributed by atoms with van der Waals surface area (Å²) in [6.45, 7) is 0. The fourth-order valence-corrected chi connectivity index (χ4v) is 2.37. The van der Waals surface area contributed by atoms with Gasteiger partial charge in [-0.2, -0.15) is 5.26 Å². The first-order valence-corrected chi connectivity index (χ1v) is 6.71. The molecule has 96 valence electrons. The minimum Gasteiger partial charge on any atom is -0.255 e. The van der Waals surface area contributed by atoms with Crippen molar-refractivity contribution in [3.8, 4) is 17.3 Å². The van der Waals surface area contributed by atoms with Gasteiger partial charge < -0.3 is 0 Å². The van der Waals surface area contributed by atoms with Gasteiger partial charge in [0, 0.05) is 11.8 Å². The molecular formula is C13H6Cl4N2. The van der Waals surface area contributed by atoms with Crippen molar-refractivity contribution in [2.75, 3.05) is 0 Å². The number of hydrogen-bond acceptors (Lipinski definition) is 2. The standard InChI is InChI=1S/C13H6Cl4N2/c14-9-2-1-8(12(16)13(9)17)11-5-7(3-4-18)10(15)6-19-11/h1-2,5-6H,3H2.